The van der Waals surface area contributed by atoms with E-state index in [1.807, 2.05) is 37.3 Å². The van der Waals surface area contributed by atoms with Crippen LogP contribution in [0.1, 0.15) is 17.0 Å². The van der Waals surface area contributed by atoms with Crippen LogP contribution in [0.3, 0.4) is 0 Å². The number of nitrogens with one attached hydrogen (secondary N) is 1. The van der Waals surface area contributed by atoms with Crippen LogP contribution in [0.5, 0.6) is 11.5 Å². The average molecular weight is 381 g/mol. The second-order valence-electron chi connectivity index (χ2n) is 6.29. The quantitative estimate of drug-likeness (QED) is 0.646. The van der Waals surface area contributed by atoms with E-state index in [2.05, 4.69) is 15.5 Å². The van der Waals surface area contributed by atoms with Gasteiger partial charge in [0.25, 0.3) is 0 Å². The molecular formula is C21H23N3O4. The Kier molecular flexibility index (Phi) is 6.26. The summed E-state index contributed by atoms with van der Waals surface area (Å²) in [6.45, 7) is 2.42. The van der Waals surface area contributed by atoms with Gasteiger partial charge in [0.15, 0.2) is 11.5 Å². The normalized spacial score (nSPS) is 10.5. The number of carbonyl (C=O) groups is 1. The van der Waals surface area contributed by atoms with E-state index in [0.717, 1.165) is 16.7 Å². The van der Waals surface area contributed by atoms with Gasteiger partial charge in [0, 0.05) is 18.5 Å². The van der Waals surface area contributed by atoms with E-state index < -0.39 is 0 Å². The van der Waals surface area contributed by atoms with Crippen LogP contribution in [0, 0.1) is 6.92 Å². The molecule has 0 aliphatic rings. The Morgan fingerprint density at radius 1 is 1.11 bits per heavy atom. The number of amides is 1. The SMILES string of the molecule is COc1ccc(CC(=O)NCCc2nc(-c3ccccc3C)no2)cc1OC. The molecule has 0 aliphatic heterocycles. The van der Waals surface area contributed by atoms with Crippen molar-refractivity contribution < 1.29 is 18.8 Å². The van der Waals surface area contributed by atoms with Gasteiger partial charge in [-0.2, -0.15) is 4.98 Å². The molecule has 28 heavy (non-hydrogen) atoms. The molecule has 3 aromatic rings. The lowest BCUT2D eigenvalue weighted by Crippen LogP contribution is -2.27. The zero-order chi connectivity index (χ0) is 19.9. The van der Waals surface area contributed by atoms with Crippen molar-refractivity contribution in [1.29, 1.82) is 0 Å². The average Bonchev–Trinajstić information content (AvgIpc) is 3.16. The lowest BCUT2D eigenvalue weighted by atomic mass is 10.1. The van der Waals surface area contributed by atoms with Gasteiger partial charge in [-0.1, -0.05) is 35.5 Å². The van der Waals surface area contributed by atoms with Gasteiger partial charge in [-0.25, -0.2) is 0 Å². The second-order valence-corrected chi connectivity index (χ2v) is 6.29. The summed E-state index contributed by atoms with van der Waals surface area (Å²) in [6, 6.07) is 13.3. The molecule has 7 heteroatoms. The van der Waals surface area contributed by atoms with Crippen LogP contribution in [0.2, 0.25) is 0 Å². The Labute approximate surface area is 163 Å². The Hall–Kier alpha value is -3.35. The first kappa shape index (κ1) is 19.4. The first-order valence-electron chi connectivity index (χ1n) is 8.97. The fourth-order valence-electron chi connectivity index (χ4n) is 2.84. The van der Waals surface area contributed by atoms with Crippen molar-refractivity contribution in [3.8, 4) is 22.9 Å². The largest absolute Gasteiger partial charge is 0.493 e. The summed E-state index contributed by atoms with van der Waals surface area (Å²) >= 11 is 0. The highest BCUT2D eigenvalue weighted by molar-refractivity contribution is 5.78. The van der Waals surface area contributed by atoms with Gasteiger partial charge < -0.3 is 19.3 Å². The number of carbonyl (C=O) groups excluding carboxylic acids is 1. The van der Waals surface area contributed by atoms with Crippen LogP contribution < -0.4 is 14.8 Å². The molecule has 0 aliphatic carbocycles. The molecule has 0 fully saturated rings. The van der Waals surface area contributed by atoms with E-state index in [0.29, 0.717) is 36.2 Å². The van der Waals surface area contributed by atoms with Gasteiger partial charge in [0.2, 0.25) is 17.6 Å². The molecule has 0 radical (unpaired) electrons. The van der Waals surface area contributed by atoms with Crippen LogP contribution in [-0.4, -0.2) is 36.8 Å². The highest BCUT2D eigenvalue weighted by atomic mass is 16.5. The van der Waals surface area contributed by atoms with Crippen LogP contribution in [0.4, 0.5) is 0 Å². The van der Waals surface area contributed by atoms with Crippen molar-refractivity contribution in [3.05, 3.63) is 59.5 Å². The minimum atomic E-state index is -0.0918. The summed E-state index contributed by atoms with van der Waals surface area (Å²) in [7, 11) is 3.14. The maximum Gasteiger partial charge on any atom is 0.228 e. The predicted molar refractivity (Wildman–Crippen MR) is 104 cm³/mol. The molecule has 1 amide bonds. The van der Waals surface area contributed by atoms with Gasteiger partial charge in [-0.05, 0) is 30.2 Å². The number of rotatable bonds is 8. The maximum absolute atomic E-state index is 12.2. The summed E-state index contributed by atoms with van der Waals surface area (Å²) in [5.41, 5.74) is 2.86. The monoisotopic (exact) mass is 381 g/mol. The maximum atomic E-state index is 12.2. The summed E-state index contributed by atoms with van der Waals surface area (Å²) in [5.74, 6) is 2.19. The number of aryl methyl sites for hydroxylation is 1. The minimum Gasteiger partial charge on any atom is -0.493 e. The Morgan fingerprint density at radius 3 is 2.64 bits per heavy atom. The van der Waals surface area contributed by atoms with Gasteiger partial charge in [-0.15, -0.1) is 0 Å². The lowest BCUT2D eigenvalue weighted by molar-refractivity contribution is -0.120. The van der Waals surface area contributed by atoms with Crippen molar-refractivity contribution in [2.45, 2.75) is 19.8 Å². The number of aromatic nitrogens is 2. The zero-order valence-electron chi connectivity index (χ0n) is 16.2. The summed E-state index contributed by atoms with van der Waals surface area (Å²) in [6.07, 6.45) is 0.717. The molecule has 146 valence electrons. The first-order chi connectivity index (χ1) is 13.6. The van der Waals surface area contributed by atoms with E-state index >= 15 is 0 Å². The first-order valence-corrected chi connectivity index (χ1v) is 8.97. The number of methoxy groups -OCH3 is 2. The number of benzene rings is 2. The molecule has 3 rings (SSSR count). The molecule has 0 bridgehead atoms. The Balaban J connectivity index is 1.52. The number of hydrogen-bond acceptors (Lipinski definition) is 6. The Bertz CT molecular complexity index is 952. The summed E-state index contributed by atoms with van der Waals surface area (Å²) in [4.78, 5) is 16.6. The topological polar surface area (TPSA) is 86.5 Å². The fourth-order valence-corrected chi connectivity index (χ4v) is 2.84. The molecule has 0 unspecified atom stereocenters. The van der Waals surface area contributed by atoms with Crippen molar-refractivity contribution in [3.63, 3.8) is 0 Å². The molecule has 0 atom stereocenters. The number of hydrogen-bond donors (Lipinski definition) is 1. The molecule has 0 saturated carbocycles. The lowest BCUT2D eigenvalue weighted by Gasteiger charge is -2.09. The summed E-state index contributed by atoms with van der Waals surface area (Å²) in [5, 5.41) is 6.89. The molecule has 0 saturated heterocycles. The summed E-state index contributed by atoms with van der Waals surface area (Å²) < 4.78 is 15.7. The van der Waals surface area contributed by atoms with Gasteiger partial charge in [0.1, 0.15) is 0 Å². The zero-order valence-corrected chi connectivity index (χ0v) is 16.2. The minimum absolute atomic E-state index is 0.0918. The Morgan fingerprint density at radius 2 is 1.89 bits per heavy atom. The van der Waals surface area contributed by atoms with E-state index in [1.165, 1.54) is 0 Å². The van der Waals surface area contributed by atoms with Crippen LogP contribution in [-0.2, 0) is 17.6 Å². The molecule has 1 heterocycles. The van der Waals surface area contributed by atoms with E-state index in [9.17, 15) is 4.79 Å². The van der Waals surface area contributed by atoms with Crippen molar-refractivity contribution in [2.24, 2.45) is 0 Å². The molecule has 1 aromatic heterocycles. The highest BCUT2D eigenvalue weighted by Crippen LogP contribution is 2.27. The fraction of sp³-hybridized carbons (Fsp3) is 0.286. The second kappa shape index (κ2) is 9.03. The third-order valence-corrected chi connectivity index (χ3v) is 4.33. The molecule has 1 N–H and O–H groups in total. The van der Waals surface area contributed by atoms with Crippen LogP contribution in [0.25, 0.3) is 11.4 Å². The van der Waals surface area contributed by atoms with E-state index in [-0.39, 0.29) is 12.3 Å². The molecular weight excluding hydrogens is 358 g/mol. The van der Waals surface area contributed by atoms with Crippen molar-refractivity contribution in [2.75, 3.05) is 20.8 Å². The smallest absolute Gasteiger partial charge is 0.228 e. The molecule has 7 nitrogen and oxygen atoms in total. The van der Waals surface area contributed by atoms with Crippen LogP contribution >= 0.6 is 0 Å². The molecule has 2 aromatic carbocycles. The highest BCUT2D eigenvalue weighted by Gasteiger charge is 2.12. The van der Waals surface area contributed by atoms with Gasteiger partial charge >= 0.3 is 0 Å². The number of nitrogens with zero attached hydrogens (tertiary/aromatic N) is 2. The third-order valence-electron chi connectivity index (χ3n) is 4.33. The van der Waals surface area contributed by atoms with Gasteiger partial charge in [0.05, 0.1) is 20.6 Å². The van der Waals surface area contributed by atoms with Crippen LogP contribution in [0.15, 0.2) is 47.0 Å². The predicted octanol–water partition coefficient (Wildman–Crippen LogP) is 2.96. The molecule has 0 spiro atoms. The van der Waals surface area contributed by atoms with Gasteiger partial charge in [-0.3, -0.25) is 4.79 Å². The van der Waals surface area contributed by atoms with E-state index in [1.54, 1.807) is 26.4 Å². The van der Waals surface area contributed by atoms with Crippen molar-refractivity contribution >= 4 is 5.91 Å². The van der Waals surface area contributed by atoms with E-state index in [4.69, 9.17) is 14.0 Å². The number of ether oxygens (including phenoxy) is 2. The standard InChI is InChI=1S/C21H23N3O4/c1-14-6-4-5-7-16(14)21-23-20(28-24-21)10-11-22-19(25)13-15-8-9-17(26-2)18(12-15)27-3/h4-9,12H,10-11,13H2,1-3H3,(H,22,25). The van der Waals surface area contributed by atoms with Crippen molar-refractivity contribution in [1.82, 2.24) is 15.5 Å². The third kappa shape index (κ3) is 4.68.